The van der Waals surface area contributed by atoms with E-state index in [1.54, 1.807) is 0 Å². The van der Waals surface area contributed by atoms with Crippen LogP contribution in [0.5, 0.6) is 0 Å². The van der Waals surface area contributed by atoms with Gasteiger partial charge in [-0.1, -0.05) is 6.92 Å². The van der Waals surface area contributed by atoms with Crippen LogP contribution in [-0.2, 0) is 0 Å². The second-order valence-corrected chi connectivity index (χ2v) is 4.58. The van der Waals surface area contributed by atoms with E-state index >= 15 is 0 Å². The molecule has 3 atom stereocenters. The van der Waals surface area contributed by atoms with E-state index in [0.717, 1.165) is 19.6 Å². The van der Waals surface area contributed by atoms with Crippen LogP contribution in [0.3, 0.4) is 0 Å². The van der Waals surface area contributed by atoms with Crippen molar-refractivity contribution in [1.82, 2.24) is 9.80 Å². The van der Waals surface area contributed by atoms with E-state index in [9.17, 15) is 5.11 Å². The zero-order valence-electron chi connectivity index (χ0n) is 9.20. The van der Waals surface area contributed by atoms with Crippen molar-refractivity contribution in [2.45, 2.75) is 26.0 Å². The van der Waals surface area contributed by atoms with Crippen molar-refractivity contribution in [3.63, 3.8) is 0 Å². The smallest absolute Gasteiger partial charge is 0.0639 e. The van der Waals surface area contributed by atoms with Gasteiger partial charge in [-0.25, -0.2) is 0 Å². The summed E-state index contributed by atoms with van der Waals surface area (Å²) in [5.41, 5.74) is 0. The van der Waals surface area contributed by atoms with E-state index in [0.29, 0.717) is 12.0 Å². The Labute approximate surface area is 81.3 Å². The van der Waals surface area contributed by atoms with Crippen LogP contribution in [0.25, 0.3) is 0 Å². The predicted molar refractivity (Wildman–Crippen MR) is 54.8 cm³/mol. The van der Waals surface area contributed by atoms with Gasteiger partial charge in [0.05, 0.1) is 6.10 Å². The quantitative estimate of drug-likeness (QED) is 0.684. The van der Waals surface area contributed by atoms with Gasteiger partial charge in [-0.2, -0.15) is 0 Å². The molecule has 0 saturated carbocycles. The Morgan fingerprint density at radius 2 is 2.08 bits per heavy atom. The number of hydrogen-bond donors (Lipinski definition) is 1. The second-order valence-electron chi connectivity index (χ2n) is 4.58. The summed E-state index contributed by atoms with van der Waals surface area (Å²) in [6.45, 7) is 7.17. The lowest BCUT2D eigenvalue weighted by Gasteiger charge is -2.22. The van der Waals surface area contributed by atoms with Crippen molar-refractivity contribution in [2.24, 2.45) is 5.92 Å². The largest absolute Gasteiger partial charge is 0.392 e. The minimum absolute atomic E-state index is 0.201. The first-order valence-electron chi connectivity index (χ1n) is 5.07. The molecule has 1 fully saturated rings. The van der Waals surface area contributed by atoms with Crippen molar-refractivity contribution in [3.05, 3.63) is 0 Å². The minimum atomic E-state index is -0.201. The molecule has 0 spiro atoms. The molecule has 0 aliphatic carbocycles. The average molecular weight is 186 g/mol. The SMILES string of the molecule is CC1CN(C[C@@H](C)O)CC1N(C)C. The molecular weight excluding hydrogens is 164 g/mol. The fourth-order valence-corrected chi connectivity index (χ4v) is 2.24. The molecule has 2 unspecified atom stereocenters. The monoisotopic (exact) mass is 186 g/mol. The van der Waals surface area contributed by atoms with Gasteiger partial charge in [0.1, 0.15) is 0 Å². The number of hydrogen-bond acceptors (Lipinski definition) is 3. The van der Waals surface area contributed by atoms with Gasteiger partial charge in [0, 0.05) is 25.7 Å². The highest BCUT2D eigenvalue weighted by molar-refractivity contribution is 4.86. The summed E-state index contributed by atoms with van der Waals surface area (Å²) in [6, 6.07) is 0.652. The summed E-state index contributed by atoms with van der Waals surface area (Å²) >= 11 is 0. The fourth-order valence-electron chi connectivity index (χ4n) is 2.24. The highest BCUT2D eigenvalue weighted by atomic mass is 16.3. The lowest BCUT2D eigenvalue weighted by molar-refractivity contribution is 0.136. The number of aliphatic hydroxyl groups is 1. The van der Waals surface area contributed by atoms with Gasteiger partial charge in [0.15, 0.2) is 0 Å². The number of likely N-dealkylation sites (N-methyl/N-ethyl adjacent to an activating group) is 1. The third kappa shape index (κ3) is 2.93. The summed E-state index contributed by atoms with van der Waals surface area (Å²) in [6.07, 6.45) is -0.201. The summed E-state index contributed by atoms with van der Waals surface area (Å²) in [5.74, 6) is 0.716. The van der Waals surface area contributed by atoms with E-state index in [1.165, 1.54) is 0 Å². The number of nitrogens with zero attached hydrogens (tertiary/aromatic N) is 2. The maximum absolute atomic E-state index is 9.27. The summed E-state index contributed by atoms with van der Waals surface area (Å²) in [5, 5.41) is 9.27. The molecule has 0 aromatic carbocycles. The van der Waals surface area contributed by atoms with Gasteiger partial charge in [0.2, 0.25) is 0 Å². The van der Waals surface area contributed by atoms with Crippen LogP contribution in [0.2, 0.25) is 0 Å². The van der Waals surface area contributed by atoms with Gasteiger partial charge in [-0.3, -0.25) is 4.90 Å². The molecule has 78 valence electrons. The number of β-amino-alcohol motifs (C(OH)–C–C–N with tert-alkyl or cyclic N) is 1. The molecule has 0 bridgehead atoms. The second kappa shape index (κ2) is 4.40. The van der Waals surface area contributed by atoms with Gasteiger partial charge in [0.25, 0.3) is 0 Å². The van der Waals surface area contributed by atoms with Crippen molar-refractivity contribution in [3.8, 4) is 0 Å². The average Bonchev–Trinajstić information content (AvgIpc) is 2.29. The number of likely N-dealkylation sites (tertiary alicyclic amines) is 1. The van der Waals surface area contributed by atoms with Crippen molar-refractivity contribution < 1.29 is 5.11 Å². The molecule has 3 nitrogen and oxygen atoms in total. The van der Waals surface area contributed by atoms with E-state index in [-0.39, 0.29) is 6.10 Å². The Balaban J connectivity index is 2.40. The van der Waals surface area contributed by atoms with E-state index in [2.05, 4.69) is 30.8 Å². The zero-order valence-corrected chi connectivity index (χ0v) is 9.20. The van der Waals surface area contributed by atoms with Gasteiger partial charge in [-0.05, 0) is 26.9 Å². The van der Waals surface area contributed by atoms with Gasteiger partial charge in [-0.15, -0.1) is 0 Å². The first-order valence-corrected chi connectivity index (χ1v) is 5.07. The predicted octanol–water partition coefficient (Wildman–Crippen LogP) is 0.249. The minimum Gasteiger partial charge on any atom is -0.392 e. The van der Waals surface area contributed by atoms with E-state index < -0.39 is 0 Å². The molecule has 0 radical (unpaired) electrons. The molecule has 3 heteroatoms. The van der Waals surface area contributed by atoms with Crippen molar-refractivity contribution in [1.29, 1.82) is 0 Å². The van der Waals surface area contributed by atoms with Crippen LogP contribution >= 0.6 is 0 Å². The lowest BCUT2D eigenvalue weighted by Crippen LogP contribution is -2.35. The normalized spacial score (nSPS) is 32.8. The molecule has 1 rings (SSSR count). The molecule has 1 N–H and O–H groups in total. The Kier molecular flexibility index (Phi) is 3.71. The summed E-state index contributed by atoms with van der Waals surface area (Å²) in [4.78, 5) is 4.63. The molecule has 0 aromatic rings. The highest BCUT2D eigenvalue weighted by Gasteiger charge is 2.30. The maximum Gasteiger partial charge on any atom is 0.0639 e. The first-order chi connectivity index (χ1) is 6.00. The molecule has 13 heavy (non-hydrogen) atoms. The zero-order chi connectivity index (χ0) is 10.0. The van der Waals surface area contributed by atoms with E-state index in [1.807, 2.05) is 6.92 Å². The Morgan fingerprint density at radius 1 is 1.46 bits per heavy atom. The van der Waals surface area contributed by atoms with Crippen molar-refractivity contribution >= 4 is 0 Å². The third-order valence-electron chi connectivity index (χ3n) is 2.83. The van der Waals surface area contributed by atoms with Crippen LogP contribution in [0.4, 0.5) is 0 Å². The molecule has 0 amide bonds. The maximum atomic E-state index is 9.27. The fraction of sp³-hybridized carbons (Fsp3) is 1.00. The first kappa shape index (κ1) is 11.0. The molecule has 0 aromatic heterocycles. The van der Waals surface area contributed by atoms with Crippen LogP contribution in [0.1, 0.15) is 13.8 Å². The van der Waals surface area contributed by atoms with Gasteiger partial charge >= 0.3 is 0 Å². The van der Waals surface area contributed by atoms with Crippen LogP contribution < -0.4 is 0 Å². The molecule has 1 saturated heterocycles. The molecule has 1 aliphatic rings. The lowest BCUT2D eigenvalue weighted by atomic mass is 10.1. The number of aliphatic hydroxyl groups excluding tert-OH is 1. The highest BCUT2D eigenvalue weighted by Crippen LogP contribution is 2.19. The van der Waals surface area contributed by atoms with Crippen molar-refractivity contribution in [2.75, 3.05) is 33.7 Å². The Hall–Kier alpha value is -0.120. The topological polar surface area (TPSA) is 26.7 Å². The standard InChI is InChI=1S/C10H22N2O/c1-8-5-12(6-9(2)13)7-10(8)11(3)4/h8-10,13H,5-7H2,1-4H3/t8?,9-,10?/m1/s1. The molecule has 1 aliphatic heterocycles. The van der Waals surface area contributed by atoms with E-state index in [4.69, 9.17) is 0 Å². The Bertz CT molecular complexity index is 159. The van der Waals surface area contributed by atoms with Crippen LogP contribution in [-0.4, -0.2) is 60.8 Å². The summed E-state index contributed by atoms with van der Waals surface area (Å²) in [7, 11) is 4.26. The third-order valence-corrected chi connectivity index (χ3v) is 2.83. The molecule has 1 heterocycles. The summed E-state index contributed by atoms with van der Waals surface area (Å²) < 4.78 is 0. The Morgan fingerprint density at radius 3 is 2.46 bits per heavy atom. The van der Waals surface area contributed by atoms with Crippen LogP contribution in [0.15, 0.2) is 0 Å². The van der Waals surface area contributed by atoms with Crippen LogP contribution in [0, 0.1) is 5.92 Å². The van der Waals surface area contributed by atoms with Gasteiger partial charge < -0.3 is 10.0 Å². The number of rotatable bonds is 3. The molecular formula is C10H22N2O.